The van der Waals surface area contributed by atoms with E-state index in [-0.39, 0.29) is 12.5 Å². The van der Waals surface area contributed by atoms with Crippen molar-refractivity contribution in [3.05, 3.63) is 35.4 Å². The van der Waals surface area contributed by atoms with E-state index < -0.39 is 11.4 Å². The Morgan fingerprint density at radius 1 is 1.23 bits per heavy atom. The summed E-state index contributed by atoms with van der Waals surface area (Å²) in [4.78, 5) is 23.7. The zero-order valence-electron chi connectivity index (χ0n) is 12.9. The second-order valence-electron chi connectivity index (χ2n) is 5.83. The van der Waals surface area contributed by atoms with Crippen LogP contribution in [0.1, 0.15) is 42.1 Å². The van der Waals surface area contributed by atoms with Gasteiger partial charge in [0.05, 0.1) is 5.41 Å². The summed E-state index contributed by atoms with van der Waals surface area (Å²) in [6.07, 6.45) is 2.91. The summed E-state index contributed by atoms with van der Waals surface area (Å²) in [5, 5.41) is 12.2. The first-order valence-corrected chi connectivity index (χ1v) is 7.76. The van der Waals surface area contributed by atoms with Gasteiger partial charge in [-0.1, -0.05) is 25.5 Å². The highest BCUT2D eigenvalue weighted by molar-refractivity contribution is 5.94. The molecule has 5 nitrogen and oxygen atoms in total. The summed E-state index contributed by atoms with van der Waals surface area (Å²) in [6.45, 7) is 3.10. The molecule has 0 unspecified atom stereocenters. The fourth-order valence-corrected chi connectivity index (χ4v) is 2.69. The maximum Gasteiger partial charge on any atom is 0.311 e. The van der Waals surface area contributed by atoms with Crippen LogP contribution in [0.3, 0.4) is 0 Å². The lowest BCUT2D eigenvalue weighted by Crippen LogP contribution is -2.46. The summed E-state index contributed by atoms with van der Waals surface area (Å²) < 4.78 is 5.23. The van der Waals surface area contributed by atoms with Gasteiger partial charge in [0.25, 0.3) is 5.91 Å². The number of hydrogen-bond donors (Lipinski definition) is 2. The van der Waals surface area contributed by atoms with Crippen molar-refractivity contribution in [3.8, 4) is 0 Å². The molecule has 22 heavy (non-hydrogen) atoms. The lowest BCUT2D eigenvalue weighted by Gasteiger charge is -2.33. The Hall–Kier alpha value is -1.88. The molecule has 1 aromatic rings. The molecule has 0 radical (unpaired) electrons. The Balaban J connectivity index is 1.97. The van der Waals surface area contributed by atoms with Gasteiger partial charge in [-0.15, -0.1) is 0 Å². The highest BCUT2D eigenvalue weighted by atomic mass is 16.5. The molecule has 0 aliphatic carbocycles. The van der Waals surface area contributed by atoms with Crippen LogP contribution in [0.25, 0.3) is 0 Å². The zero-order valence-corrected chi connectivity index (χ0v) is 12.9. The van der Waals surface area contributed by atoms with Crippen molar-refractivity contribution in [1.29, 1.82) is 0 Å². The fraction of sp³-hybridized carbons (Fsp3) is 0.529. The number of nitrogens with one attached hydrogen (secondary N) is 1. The molecule has 2 N–H and O–H groups in total. The number of benzene rings is 1. The molecule has 0 bridgehead atoms. The summed E-state index contributed by atoms with van der Waals surface area (Å²) >= 11 is 0. The highest BCUT2D eigenvalue weighted by Gasteiger charge is 2.40. The van der Waals surface area contributed by atoms with Crippen molar-refractivity contribution in [3.63, 3.8) is 0 Å². The SMILES string of the molecule is CCCc1ccc(C(=O)NCC2(C(=O)O)CCOCC2)cc1. The molecule has 1 amide bonds. The Kier molecular flexibility index (Phi) is 5.55. The van der Waals surface area contributed by atoms with Gasteiger partial charge in [-0.05, 0) is 37.0 Å². The molecule has 0 saturated carbocycles. The normalized spacial score (nSPS) is 17.0. The van der Waals surface area contributed by atoms with Crippen LogP contribution in [0.4, 0.5) is 0 Å². The average molecular weight is 305 g/mol. The Bertz CT molecular complexity index is 518. The van der Waals surface area contributed by atoms with E-state index in [9.17, 15) is 14.7 Å². The van der Waals surface area contributed by atoms with E-state index in [1.807, 2.05) is 12.1 Å². The van der Waals surface area contributed by atoms with E-state index in [2.05, 4.69) is 12.2 Å². The van der Waals surface area contributed by atoms with E-state index >= 15 is 0 Å². The number of carbonyl (C=O) groups is 2. The number of ether oxygens (including phenoxy) is 1. The van der Waals surface area contributed by atoms with E-state index in [1.54, 1.807) is 12.1 Å². The minimum Gasteiger partial charge on any atom is -0.481 e. The number of carboxylic acids is 1. The Morgan fingerprint density at radius 3 is 2.41 bits per heavy atom. The van der Waals surface area contributed by atoms with Gasteiger partial charge in [-0.25, -0.2) is 0 Å². The van der Waals surface area contributed by atoms with Crippen LogP contribution in [-0.2, 0) is 16.0 Å². The van der Waals surface area contributed by atoms with Crippen LogP contribution in [0.2, 0.25) is 0 Å². The number of amides is 1. The summed E-state index contributed by atoms with van der Waals surface area (Å²) in [5.74, 6) is -1.09. The third-order valence-electron chi connectivity index (χ3n) is 4.25. The van der Waals surface area contributed by atoms with Crippen molar-refractivity contribution in [1.82, 2.24) is 5.32 Å². The second kappa shape index (κ2) is 7.40. The third-order valence-corrected chi connectivity index (χ3v) is 4.25. The van der Waals surface area contributed by atoms with Crippen LogP contribution >= 0.6 is 0 Å². The number of rotatable bonds is 6. The molecule has 1 aromatic carbocycles. The van der Waals surface area contributed by atoms with Crippen molar-refractivity contribution < 1.29 is 19.4 Å². The maximum absolute atomic E-state index is 12.2. The van der Waals surface area contributed by atoms with Crippen molar-refractivity contribution in [2.24, 2.45) is 5.41 Å². The molecule has 5 heteroatoms. The first kappa shape index (κ1) is 16.5. The number of aryl methyl sites for hydroxylation is 1. The zero-order chi connectivity index (χ0) is 16.0. The van der Waals surface area contributed by atoms with Gasteiger partial charge in [-0.2, -0.15) is 0 Å². The topological polar surface area (TPSA) is 75.6 Å². The van der Waals surface area contributed by atoms with Gasteiger partial charge < -0.3 is 15.2 Å². The summed E-state index contributed by atoms with van der Waals surface area (Å²) in [5.41, 5.74) is 0.855. The second-order valence-corrected chi connectivity index (χ2v) is 5.83. The van der Waals surface area contributed by atoms with Gasteiger partial charge in [0.1, 0.15) is 0 Å². The molecular formula is C17H23NO4. The standard InChI is InChI=1S/C17H23NO4/c1-2-3-13-4-6-14(7-5-13)15(19)18-12-17(16(20)21)8-10-22-11-9-17/h4-7H,2-3,8-12H2,1H3,(H,18,19)(H,20,21). The van der Waals surface area contributed by atoms with Crippen LogP contribution in [0.15, 0.2) is 24.3 Å². The Morgan fingerprint density at radius 2 is 1.86 bits per heavy atom. The lowest BCUT2D eigenvalue weighted by atomic mass is 9.80. The molecule has 0 aromatic heterocycles. The maximum atomic E-state index is 12.2. The smallest absolute Gasteiger partial charge is 0.311 e. The molecule has 1 aliphatic rings. The largest absolute Gasteiger partial charge is 0.481 e. The summed E-state index contributed by atoms with van der Waals surface area (Å²) in [6, 6.07) is 7.47. The molecule has 120 valence electrons. The Labute approximate surface area is 130 Å². The molecule has 0 atom stereocenters. The summed E-state index contributed by atoms with van der Waals surface area (Å²) in [7, 11) is 0. The van der Waals surface area contributed by atoms with Crippen molar-refractivity contribution >= 4 is 11.9 Å². The van der Waals surface area contributed by atoms with E-state index in [4.69, 9.17) is 4.74 Å². The molecule has 2 rings (SSSR count). The van der Waals surface area contributed by atoms with E-state index in [0.717, 1.165) is 12.8 Å². The minimum atomic E-state index is -0.907. The third kappa shape index (κ3) is 3.85. The first-order chi connectivity index (χ1) is 10.6. The number of aliphatic carboxylic acids is 1. The predicted octanol–water partition coefficient (Wildman–Crippen LogP) is 2.25. The van der Waals surface area contributed by atoms with Crippen LogP contribution in [0, 0.1) is 5.41 Å². The van der Waals surface area contributed by atoms with Gasteiger partial charge >= 0.3 is 5.97 Å². The van der Waals surface area contributed by atoms with Crippen LogP contribution < -0.4 is 5.32 Å². The quantitative estimate of drug-likeness (QED) is 0.845. The molecule has 1 fully saturated rings. The first-order valence-electron chi connectivity index (χ1n) is 7.76. The van der Waals surface area contributed by atoms with Crippen molar-refractivity contribution in [2.45, 2.75) is 32.6 Å². The number of carboxylic acid groups (broad SMARTS) is 1. The van der Waals surface area contributed by atoms with Gasteiger partial charge in [0.2, 0.25) is 0 Å². The van der Waals surface area contributed by atoms with Crippen LogP contribution in [-0.4, -0.2) is 36.7 Å². The van der Waals surface area contributed by atoms with E-state index in [1.165, 1.54) is 5.56 Å². The molecule has 1 saturated heterocycles. The van der Waals surface area contributed by atoms with Gasteiger partial charge in [0.15, 0.2) is 0 Å². The molecule has 1 aliphatic heterocycles. The van der Waals surface area contributed by atoms with E-state index in [0.29, 0.717) is 31.6 Å². The van der Waals surface area contributed by atoms with Gasteiger partial charge in [0, 0.05) is 25.3 Å². The molecule has 1 heterocycles. The number of carbonyl (C=O) groups excluding carboxylic acids is 1. The fourth-order valence-electron chi connectivity index (χ4n) is 2.69. The van der Waals surface area contributed by atoms with Crippen molar-refractivity contribution in [2.75, 3.05) is 19.8 Å². The average Bonchev–Trinajstić information content (AvgIpc) is 2.54. The minimum absolute atomic E-state index is 0.140. The van der Waals surface area contributed by atoms with Gasteiger partial charge in [-0.3, -0.25) is 9.59 Å². The van der Waals surface area contributed by atoms with Crippen LogP contribution in [0.5, 0.6) is 0 Å². The lowest BCUT2D eigenvalue weighted by molar-refractivity contribution is -0.154. The molecule has 0 spiro atoms. The predicted molar refractivity (Wildman–Crippen MR) is 82.9 cm³/mol. The highest BCUT2D eigenvalue weighted by Crippen LogP contribution is 2.30. The monoisotopic (exact) mass is 305 g/mol. The molecular weight excluding hydrogens is 282 g/mol. The number of hydrogen-bond acceptors (Lipinski definition) is 3.